The van der Waals surface area contributed by atoms with Gasteiger partial charge in [0.1, 0.15) is 0 Å². The highest BCUT2D eigenvalue weighted by Crippen LogP contribution is 2.09. The smallest absolute Gasteiger partial charge is 0.335 e. The number of nitrogens with one attached hydrogen (secondary N) is 1. The van der Waals surface area contributed by atoms with E-state index in [0.29, 0.717) is 18.7 Å². The van der Waals surface area contributed by atoms with Crippen LogP contribution in [0, 0.1) is 6.92 Å². The predicted octanol–water partition coefficient (Wildman–Crippen LogP) is 1.83. The van der Waals surface area contributed by atoms with E-state index in [0.717, 1.165) is 16.1 Å². The molecule has 0 bridgehead atoms. The molecule has 1 aromatic heterocycles. The van der Waals surface area contributed by atoms with Crippen LogP contribution in [-0.4, -0.2) is 20.7 Å². The number of benzene rings is 1. The molecule has 1 aromatic carbocycles. The first-order chi connectivity index (χ1) is 8.66. The minimum Gasteiger partial charge on any atom is -0.478 e. The average molecular weight is 263 g/mol. The molecule has 0 saturated carbocycles. The van der Waals surface area contributed by atoms with E-state index < -0.39 is 5.97 Å². The molecule has 0 unspecified atom stereocenters. The Kier molecular flexibility index (Phi) is 4.01. The summed E-state index contributed by atoms with van der Waals surface area (Å²) in [5.74, 6) is -0.903. The molecule has 0 fully saturated rings. The summed E-state index contributed by atoms with van der Waals surface area (Å²) in [7, 11) is 0. The van der Waals surface area contributed by atoms with Crippen LogP contribution in [0.15, 0.2) is 24.3 Å². The molecule has 0 saturated heterocycles. The molecule has 0 aliphatic heterocycles. The van der Waals surface area contributed by atoms with Crippen LogP contribution >= 0.6 is 11.5 Å². The molecule has 0 atom stereocenters. The molecule has 0 radical (unpaired) electrons. The molecule has 0 spiro atoms. The Bertz CT molecular complexity index is 554. The zero-order valence-corrected chi connectivity index (χ0v) is 10.7. The van der Waals surface area contributed by atoms with Gasteiger partial charge in [-0.2, -0.15) is 0 Å². The van der Waals surface area contributed by atoms with Crippen molar-refractivity contribution in [2.24, 2.45) is 0 Å². The Balaban J connectivity index is 1.92. The van der Waals surface area contributed by atoms with Crippen molar-refractivity contribution in [1.29, 1.82) is 0 Å². The first kappa shape index (κ1) is 12.7. The third kappa shape index (κ3) is 3.12. The number of aromatic carboxylic acids is 1. The van der Waals surface area contributed by atoms with E-state index in [1.54, 1.807) is 18.2 Å². The van der Waals surface area contributed by atoms with Crippen molar-refractivity contribution in [3.63, 3.8) is 0 Å². The first-order valence-corrected chi connectivity index (χ1v) is 6.25. The minimum atomic E-state index is -0.903. The van der Waals surface area contributed by atoms with Crippen LogP contribution in [0.1, 0.15) is 26.5 Å². The summed E-state index contributed by atoms with van der Waals surface area (Å²) < 4.78 is 3.86. The zero-order chi connectivity index (χ0) is 13.0. The lowest BCUT2D eigenvalue weighted by atomic mass is 10.1. The van der Waals surface area contributed by atoms with Crippen LogP contribution in [0.4, 0.5) is 0 Å². The first-order valence-electron chi connectivity index (χ1n) is 5.47. The highest BCUT2D eigenvalue weighted by atomic mass is 32.1. The van der Waals surface area contributed by atoms with Crippen LogP contribution in [-0.2, 0) is 13.1 Å². The second kappa shape index (κ2) is 5.70. The van der Waals surface area contributed by atoms with Crippen molar-refractivity contribution in [2.75, 3.05) is 0 Å². The largest absolute Gasteiger partial charge is 0.478 e. The van der Waals surface area contributed by atoms with E-state index in [2.05, 4.69) is 14.9 Å². The van der Waals surface area contributed by atoms with Gasteiger partial charge in [-0.1, -0.05) is 16.6 Å². The Morgan fingerprint density at radius 2 is 2.28 bits per heavy atom. The predicted molar refractivity (Wildman–Crippen MR) is 68.6 cm³/mol. The molecular weight excluding hydrogens is 250 g/mol. The van der Waals surface area contributed by atoms with Crippen molar-refractivity contribution < 1.29 is 9.90 Å². The lowest BCUT2D eigenvalue weighted by Crippen LogP contribution is -2.13. The molecular formula is C12H13N3O2S. The monoisotopic (exact) mass is 263 g/mol. The average Bonchev–Trinajstić information content (AvgIpc) is 2.76. The Morgan fingerprint density at radius 3 is 2.94 bits per heavy atom. The standard InChI is InChI=1S/C12H13N3O2S/c1-8-11(18-15-14-8)7-13-6-9-3-2-4-10(5-9)12(16)17/h2-5,13H,6-7H2,1H3,(H,16,17). The van der Waals surface area contributed by atoms with Crippen molar-refractivity contribution in [1.82, 2.24) is 14.9 Å². The SMILES string of the molecule is Cc1nnsc1CNCc1cccc(C(=O)O)c1. The number of carboxylic acid groups (broad SMARTS) is 1. The van der Waals surface area contributed by atoms with Gasteiger partial charge in [0.2, 0.25) is 0 Å². The third-order valence-corrected chi connectivity index (χ3v) is 3.36. The summed E-state index contributed by atoms with van der Waals surface area (Å²) in [5, 5.41) is 16.1. The van der Waals surface area contributed by atoms with Gasteiger partial charge in [-0.15, -0.1) is 5.10 Å². The molecule has 2 N–H and O–H groups in total. The second-order valence-corrected chi connectivity index (χ2v) is 4.73. The highest BCUT2D eigenvalue weighted by molar-refractivity contribution is 7.05. The van der Waals surface area contributed by atoms with Gasteiger partial charge in [-0.05, 0) is 36.2 Å². The number of carboxylic acids is 1. The molecule has 0 amide bonds. The number of aryl methyl sites for hydroxylation is 1. The lowest BCUT2D eigenvalue weighted by molar-refractivity contribution is 0.0696. The molecule has 2 rings (SSSR count). The van der Waals surface area contributed by atoms with Crippen molar-refractivity contribution in [2.45, 2.75) is 20.0 Å². The third-order valence-electron chi connectivity index (χ3n) is 2.53. The molecule has 6 heteroatoms. The molecule has 2 aromatic rings. The van der Waals surface area contributed by atoms with Crippen LogP contribution in [0.2, 0.25) is 0 Å². The summed E-state index contributed by atoms with van der Waals surface area (Å²) in [6, 6.07) is 6.91. The quantitative estimate of drug-likeness (QED) is 0.860. The van der Waals surface area contributed by atoms with E-state index in [9.17, 15) is 4.79 Å². The maximum atomic E-state index is 10.8. The fraction of sp³-hybridized carbons (Fsp3) is 0.250. The molecule has 0 aliphatic carbocycles. The van der Waals surface area contributed by atoms with Gasteiger partial charge in [0.05, 0.1) is 16.1 Å². The van der Waals surface area contributed by atoms with E-state index in [1.165, 1.54) is 11.5 Å². The summed E-state index contributed by atoms with van der Waals surface area (Å²) in [6.07, 6.45) is 0. The van der Waals surface area contributed by atoms with Crippen molar-refractivity contribution in [3.05, 3.63) is 46.0 Å². The van der Waals surface area contributed by atoms with Crippen LogP contribution in [0.5, 0.6) is 0 Å². The fourth-order valence-corrected chi connectivity index (χ4v) is 2.15. The molecule has 5 nitrogen and oxygen atoms in total. The summed E-state index contributed by atoms with van der Waals surface area (Å²) >= 11 is 1.38. The fourth-order valence-electron chi connectivity index (χ4n) is 1.55. The van der Waals surface area contributed by atoms with Gasteiger partial charge >= 0.3 is 5.97 Å². The van der Waals surface area contributed by atoms with Crippen LogP contribution in [0.3, 0.4) is 0 Å². The van der Waals surface area contributed by atoms with Gasteiger partial charge < -0.3 is 10.4 Å². The zero-order valence-electron chi connectivity index (χ0n) is 9.88. The normalized spacial score (nSPS) is 10.5. The summed E-state index contributed by atoms with van der Waals surface area (Å²) in [5.41, 5.74) is 2.20. The molecule has 0 aliphatic rings. The van der Waals surface area contributed by atoms with E-state index in [-0.39, 0.29) is 0 Å². The number of rotatable bonds is 5. The van der Waals surface area contributed by atoms with Crippen molar-refractivity contribution in [3.8, 4) is 0 Å². The van der Waals surface area contributed by atoms with Crippen LogP contribution in [0.25, 0.3) is 0 Å². The topological polar surface area (TPSA) is 75.1 Å². The van der Waals surface area contributed by atoms with Gasteiger partial charge in [0, 0.05) is 13.1 Å². The van der Waals surface area contributed by atoms with Crippen LogP contribution < -0.4 is 5.32 Å². The number of nitrogens with zero attached hydrogens (tertiary/aromatic N) is 2. The van der Waals surface area contributed by atoms with Gasteiger partial charge in [-0.25, -0.2) is 4.79 Å². The minimum absolute atomic E-state index is 0.310. The van der Waals surface area contributed by atoms with E-state index in [4.69, 9.17) is 5.11 Å². The van der Waals surface area contributed by atoms with Gasteiger partial charge in [0.15, 0.2) is 0 Å². The van der Waals surface area contributed by atoms with E-state index in [1.807, 2.05) is 13.0 Å². The number of aromatic nitrogens is 2. The maximum absolute atomic E-state index is 10.8. The van der Waals surface area contributed by atoms with E-state index >= 15 is 0 Å². The molecule has 18 heavy (non-hydrogen) atoms. The highest BCUT2D eigenvalue weighted by Gasteiger charge is 2.04. The lowest BCUT2D eigenvalue weighted by Gasteiger charge is -2.04. The Hall–Kier alpha value is -1.79. The summed E-state index contributed by atoms with van der Waals surface area (Å²) in [4.78, 5) is 11.9. The molecule has 94 valence electrons. The van der Waals surface area contributed by atoms with Gasteiger partial charge in [0.25, 0.3) is 0 Å². The molecule has 1 heterocycles. The maximum Gasteiger partial charge on any atom is 0.335 e. The second-order valence-electron chi connectivity index (χ2n) is 3.89. The Labute approximate surface area is 109 Å². The number of hydrogen-bond donors (Lipinski definition) is 2. The number of hydrogen-bond acceptors (Lipinski definition) is 5. The number of carbonyl (C=O) groups is 1. The Morgan fingerprint density at radius 1 is 1.44 bits per heavy atom. The van der Waals surface area contributed by atoms with Crippen molar-refractivity contribution >= 4 is 17.5 Å². The van der Waals surface area contributed by atoms with Gasteiger partial charge in [-0.3, -0.25) is 0 Å². The summed E-state index contributed by atoms with van der Waals surface area (Å²) in [6.45, 7) is 3.24.